The van der Waals surface area contributed by atoms with Gasteiger partial charge in [-0.1, -0.05) is 226 Å². The summed E-state index contributed by atoms with van der Waals surface area (Å²) < 4.78 is 0. The van der Waals surface area contributed by atoms with E-state index in [-0.39, 0.29) is 5.41 Å². The van der Waals surface area contributed by atoms with Gasteiger partial charge in [0.1, 0.15) is 0 Å². The summed E-state index contributed by atoms with van der Waals surface area (Å²) in [5, 5.41) is 0. The minimum Gasteiger partial charge on any atom is -0.310 e. The van der Waals surface area contributed by atoms with Crippen LogP contribution in [0.3, 0.4) is 0 Å². The maximum Gasteiger partial charge on any atom is 0.0720 e. The quantitative estimate of drug-likeness (QED) is 0.161. The SMILES string of the molecule is CC1(C)c2ccccc2-c2ccc(N(c3ccccc3)c3ccc(-c4cccc5c4-c4ccccc4C54c5ccccc5C(c5ccccc5)(c5ccccc5)c5ccccc54)cc3)cc21. The first-order valence-corrected chi connectivity index (χ1v) is 23.3. The molecule has 0 aliphatic heterocycles. The molecule has 0 fully saturated rings. The number of benzene rings is 10. The Morgan fingerprint density at radius 2 is 0.697 bits per heavy atom. The van der Waals surface area contributed by atoms with Gasteiger partial charge in [0, 0.05) is 22.5 Å². The van der Waals surface area contributed by atoms with Crippen LogP contribution in [0.2, 0.25) is 0 Å². The van der Waals surface area contributed by atoms with E-state index in [1.54, 1.807) is 0 Å². The van der Waals surface area contributed by atoms with Crippen molar-refractivity contribution in [1.82, 2.24) is 0 Å². The number of anilines is 3. The summed E-state index contributed by atoms with van der Waals surface area (Å²) in [4.78, 5) is 2.41. The van der Waals surface area contributed by atoms with Gasteiger partial charge in [-0.15, -0.1) is 0 Å². The predicted octanol–water partition coefficient (Wildman–Crippen LogP) is 16.2. The van der Waals surface area contributed by atoms with Gasteiger partial charge in [-0.25, -0.2) is 0 Å². The fourth-order valence-electron chi connectivity index (χ4n) is 12.5. The molecule has 0 bridgehead atoms. The Hall–Kier alpha value is -8.00. The van der Waals surface area contributed by atoms with Gasteiger partial charge < -0.3 is 4.90 Å². The molecule has 13 rings (SSSR count). The third kappa shape index (κ3) is 5.17. The fourth-order valence-corrected chi connectivity index (χ4v) is 12.5. The summed E-state index contributed by atoms with van der Waals surface area (Å²) in [7, 11) is 0. The Kier molecular flexibility index (Phi) is 8.45. The first-order valence-electron chi connectivity index (χ1n) is 23.3. The summed E-state index contributed by atoms with van der Waals surface area (Å²) in [6, 6.07) is 93.1. The molecule has 10 aromatic rings. The topological polar surface area (TPSA) is 3.24 Å². The average Bonchev–Trinajstić information content (AvgIpc) is 3.81. The van der Waals surface area contributed by atoms with Crippen LogP contribution in [0.1, 0.15) is 69.5 Å². The van der Waals surface area contributed by atoms with Crippen LogP contribution in [0.15, 0.2) is 249 Å². The fraction of sp³-hybridized carbons (Fsp3) is 0.0769. The van der Waals surface area contributed by atoms with Gasteiger partial charge >= 0.3 is 0 Å². The summed E-state index contributed by atoms with van der Waals surface area (Å²) >= 11 is 0. The number of fused-ring (bicyclic) bond motifs is 12. The van der Waals surface area contributed by atoms with Crippen LogP contribution in [-0.2, 0) is 16.2 Å². The third-order valence-electron chi connectivity index (χ3n) is 15.2. The summed E-state index contributed by atoms with van der Waals surface area (Å²) in [5.74, 6) is 0. The molecular weight excluding hydrogens is 795 g/mol. The second kappa shape index (κ2) is 14.5. The average molecular weight is 842 g/mol. The highest BCUT2D eigenvalue weighted by Crippen LogP contribution is 2.65. The Labute approximate surface area is 388 Å². The molecular formula is C65H47N. The molecule has 0 radical (unpaired) electrons. The van der Waals surface area contributed by atoms with Crippen molar-refractivity contribution in [3.05, 3.63) is 304 Å². The lowest BCUT2D eigenvalue weighted by Gasteiger charge is -2.50. The minimum atomic E-state index is -0.548. The van der Waals surface area contributed by atoms with Gasteiger partial charge in [0.25, 0.3) is 0 Å². The monoisotopic (exact) mass is 841 g/mol. The highest BCUT2D eigenvalue weighted by atomic mass is 15.1. The number of hydrogen-bond acceptors (Lipinski definition) is 1. The van der Waals surface area contributed by atoms with Crippen molar-refractivity contribution in [3.63, 3.8) is 0 Å². The predicted molar refractivity (Wildman–Crippen MR) is 273 cm³/mol. The summed E-state index contributed by atoms with van der Waals surface area (Å²) in [5.41, 5.74) is 23.2. The number of rotatable bonds is 6. The van der Waals surface area contributed by atoms with Gasteiger partial charge in [0.2, 0.25) is 0 Å². The molecule has 0 heterocycles. The Morgan fingerprint density at radius 1 is 0.273 bits per heavy atom. The molecule has 312 valence electrons. The molecule has 0 unspecified atom stereocenters. The largest absolute Gasteiger partial charge is 0.310 e. The van der Waals surface area contributed by atoms with Crippen LogP contribution in [0.25, 0.3) is 33.4 Å². The molecule has 3 aliphatic rings. The zero-order chi connectivity index (χ0) is 44.0. The van der Waals surface area contributed by atoms with Crippen molar-refractivity contribution in [2.45, 2.75) is 30.1 Å². The smallest absolute Gasteiger partial charge is 0.0720 e. The van der Waals surface area contributed by atoms with Crippen molar-refractivity contribution in [2.24, 2.45) is 0 Å². The van der Waals surface area contributed by atoms with E-state index in [1.165, 1.54) is 89.0 Å². The Morgan fingerprint density at radius 3 is 1.30 bits per heavy atom. The Bertz CT molecular complexity index is 3400. The van der Waals surface area contributed by atoms with E-state index in [0.717, 1.165) is 17.1 Å². The lowest BCUT2D eigenvalue weighted by molar-refractivity contribution is 0.623. The van der Waals surface area contributed by atoms with Crippen LogP contribution in [-0.4, -0.2) is 0 Å². The van der Waals surface area contributed by atoms with Crippen LogP contribution < -0.4 is 4.90 Å². The molecule has 0 saturated heterocycles. The van der Waals surface area contributed by atoms with E-state index in [2.05, 4.69) is 267 Å². The van der Waals surface area contributed by atoms with Crippen LogP contribution in [0.5, 0.6) is 0 Å². The number of nitrogens with zero attached hydrogens (tertiary/aromatic N) is 1. The lowest BCUT2D eigenvalue weighted by Crippen LogP contribution is -2.44. The van der Waals surface area contributed by atoms with Crippen molar-refractivity contribution >= 4 is 17.1 Å². The highest BCUT2D eigenvalue weighted by Gasteiger charge is 2.57. The minimum absolute atomic E-state index is 0.0978. The van der Waals surface area contributed by atoms with Crippen molar-refractivity contribution in [1.29, 1.82) is 0 Å². The second-order valence-corrected chi connectivity index (χ2v) is 18.7. The highest BCUT2D eigenvalue weighted by molar-refractivity contribution is 5.97. The molecule has 1 heteroatoms. The van der Waals surface area contributed by atoms with Crippen LogP contribution >= 0.6 is 0 Å². The molecule has 1 nitrogen and oxygen atoms in total. The van der Waals surface area contributed by atoms with Crippen molar-refractivity contribution in [3.8, 4) is 33.4 Å². The van der Waals surface area contributed by atoms with Gasteiger partial charge in [0.15, 0.2) is 0 Å². The van der Waals surface area contributed by atoms with Gasteiger partial charge in [-0.05, 0) is 125 Å². The standard InChI is InChI=1S/C65H47N/c1-63(2)54-30-14-12-27-51(54)52-42-41-49(43-61(52)63)66(47-25-10-5-11-26-47)48-39-37-44(38-40-48)50-29-20-36-60-62(50)53-28-13-15-31-55(53)65(60)58-34-18-16-32-56(58)64(45-21-6-3-7-22-45,46-23-8-4-9-24-46)57-33-17-19-35-59(57)65/h3-43H,1-2H3. The molecule has 0 N–H and O–H groups in total. The molecule has 10 aromatic carbocycles. The lowest BCUT2D eigenvalue weighted by atomic mass is 9.51. The van der Waals surface area contributed by atoms with E-state index in [0.29, 0.717) is 0 Å². The molecule has 3 aliphatic carbocycles. The van der Waals surface area contributed by atoms with Crippen molar-refractivity contribution < 1.29 is 0 Å². The van der Waals surface area contributed by atoms with Crippen molar-refractivity contribution in [2.75, 3.05) is 4.90 Å². The van der Waals surface area contributed by atoms with Crippen LogP contribution in [0, 0.1) is 0 Å². The normalized spacial score (nSPS) is 14.9. The summed E-state index contributed by atoms with van der Waals surface area (Å²) in [6.07, 6.45) is 0. The maximum atomic E-state index is 2.42. The zero-order valence-corrected chi connectivity index (χ0v) is 37.1. The van der Waals surface area contributed by atoms with E-state index < -0.39 is 10.8 Å². The van der Waals surface area contributed by atoms with E-state index in [4.69, 9.17) is 0 Å². The molecule has 0 aromatic heterocycles. The van der Waals surface area contributed by atoms with Crippen LogP contribution in [0.4, 0.5) is 17.1 Å². The first kappa shape index (κ1) is 38.5. The molecule has 66 heavy (non-hydrogen) atoms. The third-order valence-corrected chi connectivity index (χ3v) is 15.2. The number of para-hydroxylation sites is 1. The number of hydrogen-bond donors (Lipinski definition) is 0. The van der Waals surface area contributed by atoms with Gasteiger partial charge in [0.05, 0.1) is 10.8 Å². The Balaban J connectivity index is 0.998. The van der Waals surface area contributed by atoms with Gasteiger partial charge in [-0.3, -0.25) is 0 Å². The molecule has 0 atom stereocenters. The molecule has 0 saturated carbocycles. The first-order chi connectivity index (χ1) is 32.5. The van der Waals surface area contributed by atoms with Gasteiger partial charge in [-0.2, -0.15) is 0 Å². The summed E-state index contributed by atoms with van der Waals surface area (Å²) in [6.45, 7) is 4.72. The molecule has 0 amide bonds. The second-order valence-electron chi connectivity index (χ2n) is 18.7. The van der Waals surface area contributed by atoms with E-state index >= 15 is 0 Å². The zero-order valence-electron chi connectivity index (χ0n) is 37.1. The van der Waals surface area contributed by atoms with E-state index in [1.807, 2.05) is 0 Å². The molecule has 1 spiro atoms. The maximum absolute atomic E-state index is 2.42. The van der Waals surface area contributed by atoms with E-state index in [9.17, 15) is 0 Å².